The molecule has 6 nitrogen and oxygen atoms in total. The average Bonchev–Trinajstić information content (AvgIpc) is 3.34. The quantitative estimate of drug-likeness (QED) is 0.521. The maximum Gasteiger partial charge on any atom is 0.287 e. The molecule has 0 unspecified atom stereocenters. The third-order valence-corrected chi connectivity index (χ3v) is 4.25. The molecule has 0 spiro atoms. The molecular formula is C21H18FN3O3. The highest BCUT2D eigenvalue weighted by molar-refractivity contribution is 5.91. The summed E-state index contributed by atoms with van der Waals surface area (Å²) in [6.45, 7) is 1.98. The topological polar surface area (TPSA) is 80.2 Å². The van der Waals surface area contributed by atoms with Gasteiger partial charge in [-0.15, -0.1) is 0 Å². The van der Waals surface area contributed by atoms with Crippen LogP contribution in [0.25, 0.3) is 11.0 Å². The summed E-state index contributed by atoms with van der Waals surface area (Å²) < 4.78 is 24.0. The number of nitrogens with one attached hydrogen (secondary N) is 2. The number of carbonyl (C=O) groups excluding carboxylic acids is 1. The molecule has 2 aromatic heterocycles. The van der Waals surface area contributed by atoms with Gasteiger partial charge in [-0.3, -0.25) is 4.79 Å². The predicted molar refractivity (Wildman–Crippen MR) is 101 cm³/mol. The molecule has 2 aromatic carbocycles. The van der Waals surface area contributed by atoms with E-state index in [9.17, 15) is 9.18 Å². The first-order chi connectivity index (χ1) is 13.6. The summed E-state index contributed by atoms with van der Waals surface area (Å²) in [5.74, 6) is 1.18. The van der Waals surface area contributed by atoms with Crippen LogP contribution < -0.4 is 10.1 Å². The Balaban J connectivity index is 1.37. The van der Waals surface area contributed by atoms with Crippen molar-refractivity contribution in [3.05, 3.63) is 83.8 Å². The fourth-order valence-electron chi connectivity index (χ4n) is 2.78. The van der Waals surface area contributed by atoms with Crippen molar-refractivity contribution in [2.45, 2.75) is 19.6 Å². The van der Waals surface area contributed by atoms with Gasteiger partial charge in [0.1, 0.15) is 29.8 Å². The molecule has 4 rings (SSSR count). The van der Waals surface area contributed by atoms with Gasteiger partial charge in [-0.25, -0.2) is 9.37 Å². The van der Waals surface area contributed by atoms with Crippen LogP contribution in [0.5, 0.6) is 5.75 Å². The van der Waals surface area contributed by atoms with Crippen molar-refractivity contribution in [2.75, 3.05) is 0 Å². The number of fused-ring (bicyclic) bond motifs is 1. The van der Waals surface area contributed by atoms with Gasteiger partial charge in [0.2, 0.25) is 0 Å². The Morgan fingerprint density at radius 2 is 1.96 bits per heavy atom. The van der Waals surface area contributed by atoms with E-state index in [0.29, 0.717) is 17.3 Å². The SMILES string of the molecule is C[C@@H](NC(=O)c1ccc(COc2ccc(F)cc2)o1)c1nc2ccccc2[nH]1. The lowest BCUT2D eigenvalue weighted by Gasteiger charge is -2.10. The normalized spacial score (nSPS) is 12.1. The minimum Gasteiger partial charge on any atom is -0.486 e. The zero-order chi connectivity index (χ0) is 19.5. The van der Waals surface area contributed by atoms with E-state index in [0.717, 1.165) is 11.0 Å². The lowest BCUT2D eigenvalue weighted by atomic mass is 10.3. The van der Waals surface area contributed by atoms with Crippen molar-refractivity contribution < 1.29 is 18.3 Å². The summed E-state index contributed by atoms with van der Waals surface area (Å²) in [6.07, 6.45) is 0. The summed E-state index contributed by atoms with van der Waals surface area (Å²) in [5.41, 5.74) is 1.76. The number of para-hydroxylation sites is 2. The summed E-state index contributed by atoms with van der Waals surface area (Å²) in [5, 5.41) is 2.86. The number of furan rings is 1. The predicted octanol–water partition coefficient (Wildman–Crippen LogP) is 4.37. The second-order valence-electron chi connectivity index (χ2n) is 6.34. The zero-order valence-corrected chi connectivity index (χ0v) is 15.1. The van der Waals surface area contributed by atoms with E-state index in [1.54, 1.807) is 12.1 Å². The molecule has 0 bridgehead atoms. The lowest BCUT2D eigenvalue weighted by Crippen LogP contribution is -2.27. The van der Waals surface area contributed by atoms with Gasteiger partial charge < -0.3 is 19.5 Å². The summed E-state index contributed by atoms with van der Waals surface area (Å²) in [6, 6.07) is 16.3. The van der Waals surface area contributed by atoms with E-state index in [4.69, 9.17) is 9.15 Å². The number of imidazole rings is 1. The number of rotatable bonds is 6. The van der Waals surface area contributed by atoms with Crippen molar-refractivity contribution >= 4 is 16.9 Å². The number of carbonyl (C=O) groups is 1. The summed E-state index contributed by atoms with van der Waals surface area (Å²) >= 11 is 0. The van der Waals surface area contributed by atoms with Crippen molar-refractivity contribution in [3.63, 3.8) is 0 Å². The molecule has 1 amide bonds. The fraction of sp³-hybridized carbons (Fsp3) is 0.143. The highest BCUT2D eigenvalue weighted by atomic mass is 19.1. The average molecular weight is 379 g/mol. The first kappa shape index (κ1) is 17.8. The summed E-state index contributed by atoms with van der Waals surface area (Å²) in [7, 11) is 0. The van der Waals surface area contributed by atoms with E-state index in [2.05, 4.69) is 15.3 Å². The van der Waals surface area contributed by atoms with Crippen LogP contribution in [0.2, 0.25) is 0 Å². The van der Waals surface area contributed by atoms with Crippen molar-refractivity contribution in [2.24, 2.45) is 0 Å². The van der Waals surface area contributed by atoms with Crippen LogP contribution in [0.15, 0.2) is 65.1 Å². The number of aromatic nitrogens is 2. The van der Waals surface area contributed by atoms with Crippen LogP contribution in [-0.2, 0) is 6.61 Å². The molecule has 0 aliphatic carbocycles. The van der Waals surface area contributed by atoms with Crippen LogP contribution in [0.1, 0.15) is 35.1 Å². The van der Waals surface area contributed by atoms with E-state index in [-0.39, 0.29) is 30.1 Å². The van der Waals surface area contributed by atoms with E-state index < -0.39 is 0 Å². The molecule has 2 N–H and O–H groups in total. The third-order valence-electron chi connectivity index (χ3n) is 4.25. The van der Waals surface area contributed by atoms with Crippen LogP contribution in [0.3, 0.4) is 0 Å². The van der Waals surface area contributed by atoms with Crippen molar-refractivity contribution in [3.8, 4) is 5.75 Å². The van der Waals surface area contributed by atoms with Gasteiger partial charge in [-0.2, -0.15) is 0 Å². The Hall–Kier alpha value is -3.61. The lowest BCUT2D eigenvalue weighted by molar-refractivity contribution is 0.0906. The first-order valence-electron chi connectivity index (χ1n) is 8.81. The monoisotopic (exact) mass is 379 g/mol. The second-order valence-corrected chi connectivity index (χ2v) is 6.34. The smallest absolute Gasteiger partial charge is 0.287 e. The zero-order valence-electron chi connectivity index (χ0n) is 15.1. The number of nitrogens with zero attached hydrogens (tertiary/aromatic N) is 1. The molecule has 0 saturated carbocycles. The van der Waals surface area contributed by atoms with Gasteiger partial charge in [-0.05, 0) is 55.5 Å². The van der Waals surface area contributed by atoms with E-state index >= 15 is 0 Å². The standard InChI is InChI=1S/C21H18FN3O3/c1-13(20-24-17-4-2-3-5-18(17)25-20)23-21(26)19-11-10-16(28-19)12-27-15-8-6-14(22)7-9-15/h2-11,13H,12H2,1H3,(H,23,26)(H,24,25)/t13-/m1/s1. The molecule has 0 aliphatic heterocycles. The Morgan fingerprint density at radius 3 is 2.75 bits per heavy atom. The van der Waals surface area contributed by atoms with Gasteiger partial charge in [0.25, 0.3) is 5.91 Å². The third kappa shape index (κ3) is 3.88. The van der Waals surface area contributed by atoms with E-state index in [1.165, 1.54) is 24.3 Å². The van der Waals surface area contributed by atoms with Gasteiger partial charge in [0.15, 0.2) is 5.76 Å². The van der Waals surface area contributed by atoms with Gasteiger partial charge in [-0.1, -0.05) is 12.1 Å². The molecule has 28 heavy (non-hydrogen) atoms. The van der Waals surface area contributed by atoms with Gasteiger partial charge >= 0.3 is 0 Å². The maximum absolute atomic E-state index is 12.9. The van der Waals surface area contributed by atoms with Crippen LogP contribution in [0.4, 0.5) is 4.39 Å². The van der Waals surface area contributed by atoms with Gasteiger partial charge in [0, 0.05) is 0 Å². The number of H-pyrrole nitrogens is 1. The minimum absolute atomic E-state index is 0.137. The molecule has 4 aromatic rings. The molecule has 0 radical (unpaired) electrons. The Labute approximate surface area is 160 Å². The van der Waals surface area contributed by atoms with Crippen LogP contribution >= 0.6 is 0 Å². The molecule has 7 heteroatoms. The fourth-order valence-corrected chi connectivity index (χ4v) is 2.78. The summed E-state index contributed by atoms with van der Waals surface area (Å²) in [4.78, 5) is 20.1. The number of hydrogen-bond acceptors (Lipinski definition) is 4. The molecular weight excluding hydrogens is 361 g/mol. The molecule has 142 valence electrons. The molecule has 0 saturated heterocycles. The number of aromatic amines is 1. The highest BCUT2D eigenvalue weighted by Crippen LogP contribution is 2.18. The molecule has 0 fully saturated rings. The van der Waals surface area contributed by atoms with Gasteiger partial charge in [0.05, 0.1) is 17.1 Å². The minimum atomic E-state index is -0.346. The van der Waals surface area contributed by atoms with Crippen molar-refractivity contribution in [1.82, 2.24) is 15.3 Å². The molecule has 0 aliphatic rings. The number of halogens is 1. The first-order valence-corrected chi connectivity index (χ1v) is 8.81. The Kier molecular flexibility index (Phi) is 4.80. The van der Waals surface area contributed by atoms with Crippen LogP contribution in [0, 0.1) is 5.82 Å². The van der Waals surface area contributed by atoms with Crippen molar-refractivity contribution in [1.29, 1.82) is 0 Å². The number of ether oxygens (including phenoxy) is 1. The highest BCUT2D eigenvalue weighted by Gasteiger charge is 2.17. The Bertz CT molecular complexity index is 1070. The number of benzene rings is 2. The molecule has 2 heterocycles. The van der Waals surface area contributed by atoms with Crippen LogP contribution in [-0.4, -0.2) is 15.9 Å². The number of hydrogen-bond donors (Lipinski definition) is 2. The maximum atomic E-state index is 12.9. The van der Waals surface area contributed by atoms with E-state index in [1.807, 2.05) is 31.2 Å². The number of amides is 1. The Morgan fingerprint density at radius 1 is 1.18 bits per heavy atom. The largest absolute Gasteiger partial charge is 0.486 e. The second kappa shape index (κ2) is 7.56. The molecule has 1 atom stereocenters.